The second kappa shape index (κ2) is 8.19. The molecule has 4 amide bonds. The van der Waals surface area contributed by atoms with Crippen LogP contribution in [0.4, 0.5) is 4.79 Å². The van der Waals surface area contributed by atoms with Gasteiger partial charge in [0.15, 0.2) is 0 Å². The second-order valence-electron chi connectivity index (χ2n) is 7.57. The highest BCUT2D eigenvalue weighted by molar-refractivity contribution is 6.09. The van der Waals surface area contributed by atoms with Gasteiger partial charge in [-0.05, 0) is 37.3 Å². The molecule has 0 aromatic heterocycles. The summed E-state index contributed by atoms with van der Waals surface area (Å²) in [5.41, 5.74) is -0.893. The lowest BCUT2D eigenvalue weighted by Gasteiger charge is -2.26. The quantitative estimate of drug-likeness (QED) is 0.550. The summed E-state index contributed by atoms with van der Waals surface area (Å²) in [5.74, 6) is 6.09. The first-order chi connectivity index (χ1) is 14.9. The Kier molecular flexibility index (Phi) is 5.42. The Labute approximate surface area is 180 Å². The Balaban J connectivity index is 1.60. The van der Waals surface area contributed by atoms with Crippen LogP contribution in [-0.2, 0) is 14.3 Å². The van der Waals surface area contributed by atoms with E-state index in [1.54, 1.807) is 36.3 Å². The van der Waals surface area contributed by atoms with Crippen LogP contribution in [-0.4, -0.2) is 55.1 Å². The van der Waals surface area contributed by atoms with E-state index in [0.717, 1.165) is 0 Å². The molecule has 0 saturated carbocycles. The van der Waals surface area contributed by atoms with Crippen LogP contribution in [0.5, 0.6) is 5.75 Å². The SMILES string of the molecule is CCOc1cccc(C#C[C@]2(CN3CC4C=CC(OC)=CC4C3=O)NC(=O)NC2=O)c1. The van der Waals surface area contributed by atoms with Crippen molar-refractivity contribution in [2.45, 2.75) is 12.5 Å². The third-order valence-electron chi connectivity index (χ3n) is 5.51. The van der Waals surface area contributed by atoms with Gasteiger partial charge in [0.05, 0.1) is 26.2 Å². The zero-order chi connectivity index (χ0) is 22.0. The maximum atomic E-state index is 13.0. The standard InChI is InChI=1S/C23H23N3O5/c1-3-31-18-6-4-5-15(11-18)9-10-23(21(28)24-22(29)25-23)14-26-13-16-7-8-17(30-2)12-19(16)20(26)27/h4-8,11-12,16,19H,3,13-14H2,1-2H3,(H2,24,25,28,29)/t16?,19?,23-/m1/s1. The summed E-state index contributed by atoms with van der Waals surface area (Å²) in [6.07, 6.45) is 5.56. The molecule has 3 aliphatic rings. The molecule has 31 heavy (non-hydrogen) atoms. The molecule has 2 fully saturated rings. The van der Waals surface area contributed by atoms with E-state index < -0.39 is 17.5 Å². The van der Waals surface area contributed by atoms with Crippen LogP contribution in [0.15, 0.2) is 48.3 Å². The number of imide groups is 1. The molecule has 2 saturated heterocycles. The number of allylic oxidation sites excluding steroid dienone is 1. The van der Waals surface area contributed by atoms with Gasteiger partial charge in [-0.2, -0.15) is 0 Å². The number of benzene rings is 1. The molecule has 160 valence electrons. The lowest BCUT2D eigenvalue weighted by Crippen LogP contribution is -2.55. The first-order valence-corrected chi connectivity index (χ1v) is 10.1. The van der Waals surface area contributed by atoms with Gasteiger partial charge in [0, 0.05) is 18.0 Å². The van der Waals surface area contributed by atoms with Gasteiger partial charge >= 0.3 is 6.03 Å². The van der Waals surface area contributed by atoms with Crippen molar-refractivity contribution < 1.29 is 23.9 Å². The maximum absolute atomic E-state index is 13.0. The van der Waals surface area contributed by atoms with Gasteiger partial charge < -0.3 is 19.7 Å². The fourth-order valence-electron chi connectivity index (χ4n) is 3.98. The molecule has 8 nitrogen and oxygen atoms in total. The summed E-state index contributed by atoms with van der Waals surface area (Å²) >= 11 is 0. The van der Waals surface area contributed by atoms with E-state index in [0.29, 0.717) is 30.2 Å². The number of hydrogen-bond acceptors (Lipinski definition) is 5. The van der Waals surface area contributed by atoms with E-state index in [4.69, 9.17) is 9.47 Å². The van der Waals surface area contributed by atoms with Gasteiger partial charge in [-0.3, -0.25) is 14.9 Å². The van der Waals surface area contributed by atoms with Crippen LogP contribution in [0.3, 0.4) is 0 Å². The van der Waals surface area contributed by atoms with Crippen LogP contribution in [0.1, 0.15) is 12.5 Å². The molecule has 2 heterocycles. The number of rotatable bonds is 5. The molecule has 8 heteroatoms. The first-order valence-electron chi connectivity index (χ1n) is 10.1. The summed E-state index contributed by atoms with van der Waals surface area (Å²) in [4.78, 5) is 39.2. The fourth-order valence-corrected chi connectivity index (χ4v) is 3.98. The lowest BCUT2D eigenvalue weighted by molar-refractivity contribution is -0.131. The van der Waals surface area contributed by atoms with Crippen molar-refractivity contribution in [2.24, 2.45) is 11.8 Å². The molecular formula is C23H23N3O5. The highest BCUT2D eigenvalue weighted by Crippen LogP contribution is 2.33. The molecule has 2 unspecified atom stereocenters. The topological polar surface area (TPSA) is 97.0 Å². The van der Waals surface area contributed by atoms with Crippen molar-refractivity contribution in [3.8, 4) is 17.6 Å². The third-order valence-corrected chi connectivity index (χ3v) is 5.51. The molecular weight excluding hydrogens is 398 g/mol. The average Bonchev–Trinajstić information content (AvgIpc) is 3.22. The first kappa shape index (κ1) is 20.5. The van der Waals surface area contributed by atoms with Crippen LogP contribution in [0, 0.1) is 23.7 Å². The summed E-state index contributed by atoms with van der Waals surface area (Å²) in [6, 6.07) is 6.53. The zero-order valence-corrected chi connectivity index (χ0v) is 17.3. The number of carbonyl (C=O) groups excluding carboxylic acids is 3. The van der Waals surface area contributed by atoms with Gasteiger partial charge in [-0.25, -0.2) is 4.79 Å². The van der Waals surface area contributed by atoms with Crippen molar-refractivity contribution in [1.29, 1.82) is 0 Å². The largest absolute Gasteiger partial charge is 0.497 e. The van der Waals surface area contributed by atoms with E-state index in [1.165, 1.54) is 0 Å². The summed E-state index contributed by atoms with van der Waals surface area (Å²) < 4.78 is 10.7. The highest BCUT2D eigenvalue weighted by Gasteiger charge is 2.50. The number of methoxy groups -OCH3 is 1. The van der Waals surface area contributed by atoms with Crippen LogP contribution < -0.4 is 15.4 Å². The number of urea groups is 1. The highest BCUT2D eigenvalue weighted by atomic mass is 16.5. The average molecular weight is 421 g/mol. The number of amides is 4. The number of hydrogen-bond donors (Lipinski definition) is 2. The number of likely N-dealkylation sites (tertiary alicyclic amines) is 1. The summed E-state index contributed by atoms with van der Waals surface area (Å²) in [5, 5.41) is 4.86. The molecule has 1 aliphatic carbocycles. The Morgan fingerprint density at radius 1 is 1.29 bits per heavy atom. The molecule has 2 N–H and O–H groups in total. The predicted octanol–water partition coefficient (Wildman–Crippen LogP) is 1.19. The lowest BCUT2D eigenvalue weighted by atomic mass is 9.91. The number of nitrogens with zero attached hydrogens (tertiary/aromatic N) is 1. The molecule has 0 bridgehead atoms. The van der Waals surface area contributed by atoms with Gasteiger partial charge in [0.1, 0.15) is 11.5 Å². The van der Waals surface area contributed by atoms with E-state index in [1.807, 2.05) is 25.1 Å². The van der Waals surface area contributed by atoms with Gasteiger partial charge in [-0.1, -0.05) is 24.0 Å². The van der Waals surface area contributed by atoms with Crippen molar-refractivity contribution in [1.82, 2.24) is 15.5 Å². The van der Waals surface area contributed by atoms with E-state index in [9.17, 15) is 14.4 Å². The number of ether oxygens (including phenoxy) is 2. The van der Waals surface area contributed by atoms with Crippen LogP contribution in [0.25, 0.3) is 0 Å². The minimum atomic E-state index is -1.53. The molecule has 1 aromatic carbocycles. The second-order valence-corrected chi connectivity index (χ2v) is 7.57. The van der Waals surface area contributed by atoms with Crippen molar-refractivity contribution >= 4 is 17.8 Å². The number of fused-ring (bicyclic) bond motifs is 1. The van der Waals surface area contributed by atoms with Crippen molar-refractivity contribution in [3.63, 3.8) is 0 Å². The minimum Gasteiger partial charge on any atom is -0.497 e. The van der Waals surface area contributed by atoms with Gasteiger partial charge in [0.25, 0.3) is 5.91 Å². The Morgan fingerprint density at radius 2 is 2.13 bits per heavy atom. The molecule has 1 aromatic rings. The summed E-state index contributed by atoms with van der Waals surface area (Å²) in [6.45, 7) is 2.79. The molecule has 2 aliphatic heterocycles. The smallest absolute Gasteiger partial charge is 0.323 e. The third kappa shape index (κ3) is 3.99. The fraction of sp³-hybridized carbons (Fsp3) is 0.348. The Morgan fingerprint density at radius 3 is 2.84 bits per heavy atom. The van der Waals surface area contributed by atoms with E-state index in [-0.39, 0.29) is 24.3 Å². The Bertz CT molecular complexity index is 1050. The zero-order valence-electron chi connectivity index (χ0n) is 17.3. The maximum Gasteiger partial charge on any atom is 0.323 e. The van der Waals surface area contributed by atoms with Crippen LogP contribution >= 0.6 is 0 Å². The normalized spacial score (nSPS) is 26.5. The molecule has 4 rings (SSSR count). The minimum absolute atomic E-state index is 0.0144. The Hall–Kier alpha value is -3.73. The molecule has 0 spiro atoms. The van der Waals surface area contributed by atoms with E-state index >= 15 is 0 Å². The van der Waals surface area contributed by atoms with Crippen molar-refractivity contribution in [3.05, 3.63) is 53.8 Å². The van der Waals surface area contributed by atoms with Crippen molar-refractivity contribution in [2.75, 3.05) is 26.8 Å². The molecule has 0 radical (unpaired) electrons. The monoisotopic (exact) mass is 421 g/mol. The number of nitrogens with one attached hydrogen (secondary N) is 2. The van der Waals surface area contributed by atoms with Gasteiger partial charge in [-0.15, -0.1) is 0 Å². The molecule has 3 atom stereocenters. The van der Waals surface area contributed by atoms with Gasteiger partial charge in [0.2, 0.25) is 11.4 Å². The summed E-state index contributed by atoms with van der Waals surface area (Å²) in [7, 11) is 1.55. The van der Waals surface area contributed by atoms with Crippen LogP contribution in [0.2, 0.25) is 0 Å². The predicted molar refractivity (Wildman–Crippen MR) is 112 cm³/mol. The number of carbonyl (C=O) groups is 3. The van der Waals surface area contributed by atoms with E-state index in [2.05, 4.69) is 22.5 Å².